The molecule has 1 rings (SSSR count). The van der Waals surface area contributed by atoms with Gasteiger partial charge in [0.15, 0.2) is 5.75 Å². The molecule has 21 heavy (non-hydrogen) atoms. The van der Waals surface area contributed by atoms with E-state index in [0.29, 0.717) is 23.7 Å². The van der Waals surface area contributed by atoms with Crippen LogP contribution in [0.5, 0.6) is 5.75 Å². The van der Waals surface area contributed by atoms with Crippen LogP contribution in [0.4, 0.5) is 9.59 Å². The molecular weight excluding hydrogens is 319 g/mol. The van der Waals surface area contributed by atoms with Crippen LogP contribution in [-0.4, -0.2) is 25.3 Å². The van der Waals surface area contributed by atoms with Crippen LogP contribution in [0.1, 0.15) is 19.4 Å². The van der Waals surface area contributed by atoms with E-state index in [4.69, 9.17) is 32.7 Å². The molecule has 1 aromatic rings. The van der Waals surface area contributed by atoms with E-state index in [1.165, 1.54) is 12.1 Å². The predicted octanol–water partition coefficient (Wildman–Crippen LogP) is 3.35. The van der Waals surface area contributed by atoms with Crippen molar-refractivity contribution in [3.05, 3.63) is 27.7 Å². The average molecular weight is 335 g/mol. The molecule has 6 nitrogen and oxygen atoms in total. The smallest absolute Gasteiger partial charge is 0.412 e. The molecule has 8 heteroatoms. The summed E-state index contributed by atoms with van der Waals surface area (Å²) in [5, 5.41) is 5.45. The van der Waals surface area contributed by atoms with Gasteiger partial charge in [-0.15, -0.1) is 0 Å². The molecule has 0 saturated carbocycles. The number of nitrogens with one attached hydrogen (secondary N) is 2. The summed E-state index contributed by atoms with van der Waals surface area (Å²) in [6.45, 7) is 4.25. The van der Waals surface area contributed by atoms with Crippen molar-refractivity contribution < 1.29 is 19.1 Å². The second-order valence-electron chi connectivity index (χ2n) is 3.90. The second-order valence-corrected chi connectivity index (χ2v) is 4.75. The lowest BCUT2D eigenvalue weighted by Crippen LogP contribution is -2.27. The fraction of sp³-hybridized carbons (Fsp3) is 0.385. The molecule has 0 bridgehead atoms. The van der Waals surface area contributed by atoms with Crippen LogP contribution in [0.25, 0.3) is 0 Å². The van der Waals surface area contributed by atoms with Crippen molar-refractivity contribution in [3.63, 3.8) is 0 Å². The van der Waals surface area contributed by atoms with Crippen LogP contribution in [-0.2, 0) is 11.3 Å². The lowest BCUT2D eigenvalue weighted by molar-refractivity contribution is 0.139. The van der Waals surface area contributed by atoms with Gasteiger partial charge < -0.3 is 20.1 Å². The van der Waals surface area contributed by atoms with Crippen molar-refractivity contribution >= 4 is 35.4 Å². The van der Waals surface area contributed by atoms with Crippen molar-refractivity contribution in [2.24, 2.45) is 0 Å². The van der Waals surface area contributed by atoms with Gasteiger partial charge in [0, 0.05) is 23.7 Å². The zero-order chi connectivity index (χ0) is 15.8. The first-order chi connectivity index (χ1) is 9.97. The Kier molecular flexibility index (Phi) is 7.11. The summed E-state index contributed by atoms with van der Waals surface area (Å²) in [5.41, 5.74) is 0.394. The molecule has 2 N–H and O–H groups in total. The summed E-state index contributed by atoms with van der Waals surface area (Å²) < 4.78 is 10.1. The number of carbonyl (C=O) groups is 2. The third kappa shape index (κ3) is 5.69. The summed E-state index contributed by atoms with van der Waals surface area (Å²) in [7, 11) is 0. The zero-order valence-corrected chi connectivity index (χ0v) is 13.2. The number of carbonyl (C=O) groups excluding carboxylic acids is 2. The predicted molar refractivity (Wildman–Crippen MR) is 80.0 cm³/mol. The van der Waals surface area contributed by atoms with E-state index in [0.717, 1.165) is 0 Å². The minimum atomic E-state index is -0.652. The summed E-state index contributed by atoms with van der Waals surface area (Å²) in [6, 6.07) is 2.95. The highest BCUT2D eigenvalue weighted by Gasteiger charge is 2.16. The van der Waals surface area contributed by atoms with E-state index in [2.05, 4.69) is 10.6 Å². The zero-order valence-electron chi connectivity index (χ0n) is 11.7. The highest BCUT2D eigenvalue weighted by atomic mass is 35.5. The van der Waals surface area contributed by atoms with Gasteiger partial charge in [-0.25, -0.2) is 9.59 Å². The molecule has 0 unspecified atom stereocenters. The Morgan fingerprint density at radius 2 is 1.71 bits per heavy atom. The quantitative estimate of drug-likeness (QED) is 0.865. The maximum absolute atomic E-state index is 11.5. The molecule has 0 saturated heterocycles. The van der Waals surface area contributed by atoms with Gasteiger partial charge in [0.2, 0.25) is 0 Å². The van der Waals surface area contributed by atoms with E-state index in [-0.39, 0.29) is 17.4 Å². The number of ether oxygens (including phenoxy) is 2. The van der Waals surface area contributed by atoms with E-state index in [1.54, 1.807) is 13.8 Å². The molecule has 0 heterocycles. The Balaban J connectivity index is 2.89. The lowest BCUT2D eigenvalue weighted by Gasteiger charge is -2.13. The van der Waals surface area contributed by atoms with E-state index < -0.39 is 12.2 Å². The highest BCUT2D eigenvalue weighted by molar-refractivity contribution is 6.35. The molecule has 0 aliphatic heterocycles. The van der Waals surface area contributed by atoms with Gasteiger partial charge in [0.1, 0.15) is 6.61 Å². The Morgan fingerprint density at radius 1 is 1.10 bits per heavy atom. The summed E-state index contributed by atoms with van der Waals surface area (Å²) in [5.74, 6) is 0.108. The fourth-order valence-electron chi connectivity index (χ4n) is 1.45. The fourth-order valence-corrected chi connectivity index (χ4v) is 2.02. The first kappa shape index (κ1) is 17.4. The lowest BCUT2D eigenvalue weighted by atomic mass is 10.2. The number of hydrogen-bond donors (Lipinski definition) is 2. The van der Waals surface area contributed by atoms with Gasteiger partial charge in [-0.05, 0) is 26.0 Å². The minimum absolute atomic E-state index is 0.108. The Labute approximate surface area is 132 Å². The van der Waals surface area contributed by atoms with Crippen molar-refractivity contribution in [1.82, 2.24) is 10.6 Å². The van der Waals surface area contributed by atoms with E-state index in [9.17, 15) is 9.59 Å². The maximum atomic E-state index is 11.5. The Hall–Kier alpha value is -1.66. The normalized spacial score (nSPS) is 9.90. The Morgan fingerprint density at radius 3 is 2.33 bits per heavy atom. The van der Waals surface area contributed by atoms with Gasteiger partial charge in [0.05, 0.1) is 5.02 Å². The molecule has 0 fully saturated rings. The molecule has 0 spiro atoms. The molecule has 0 radical (unpaired) electrons. The Bertz CT molecular complexity index is 523. The van der Waals surface area contributed by atoms with Crippen LogP contribution in [0.2, 0.25) is 10.0 Å². The molecule has 116 valence electrons. The molecule has 2 amide bonds. The first-order valence-electron chi connectivity index (χ1n) is 6.32. The largest absolute Gasteiger partial charge is 0.445 e. The third-order valence-corrected chi connectivity index (χ3v) is 2.78. The van der Waals surface area contributed by atoms with Crippen LogP contribution < -0.4 is 15.4 Å². The monoisotopic (exact) mass is 334 g/mol. The number of benzene rings is 1. The number of alkyl carbamates (subject to hydrolysis) is 1. The second kappa shape index (κ2) is 8.59. The van der Waals surface area contributed by atoms with Gasteiger partial charge >= 0.3 is 12.2 Å². The molecular formula is C13H16Cl2N2O4. The van der Waals surface area contributed by atoms with Gasteiger partial charge in [-0.3, -0.25) is 0 Å². The van der Waals surface area contributed by atoms with Crippen molar-refractivity contribution in [3.8, 4) is 5.75 Å². The third-order valence-electron chi connectivity index (χ3n) is 2.28. The van der Waals surface area contributed by atoms with Gasteiger partial charge in [0.25, 0.3) is 0 Å². The van der Waals surface area contributed by atoms with Crippen molar-refractivity contribution in [2.45, 2.75) is 20.5 Å². The molecule has 0 aromatic heterocycles. The molecule has 0 atom stereocenters. The number of halogens is 2. The summed E-state index contributed by atoms with van der Waals surface area (Å²) in [4.78, 5) is 22.8. The average Bonchev–Trinajstić information content (AvgIpc) is 2.40. The summed E-state index contributed by atoms with van der Waals surface area (Å²) >= 11 is 11.9. The van der Waals surface area contributed by atoms with E-state index in [1.807, 2.05) is 0 Å². The topological polar surface area (TPSA) is 76.7 Å². The van der Waals surface area contributed by atoms with Crippen LogP contribution in [0.3, 0.4) is 0 Å². The number of rotatable bonds is 5. The number of hydrogen-bond acceptors (Lipinski definition) is 4. The molecule has 0 aliphatic carbocycles. The van der Waals surface area contributed by atoms with Crippen LogP contribution in [0.15, 0.2) is 12.1 Å². The minimum Gasteiger partial charge on any atom is -0.445 e. The highest BCUT2D eigenvalue weighted by Crippen LogP contribution is 2.33. The SMILES string of the molecule is CCNC(=O)OCc1cc(Cl)cc(Cl)c1OC(=O)NCC. The molecule has 1 aromatic carbocycles. The number of amides is 2. The molecule has 0 aliphatic rings. The first-order valence-corrected chi connectivity index (χ1v) is 7.07. The summed E-state index contributed by atoms with van der Waals surface area (Å²) in [6.07, 6.45) is -1.24. The van der Waals surface area contributed by atoms with Crippen molar-refractivity contribution in [2.75, 3.05) is 13.1 Å². The van der Waals surface area contributed by atoms with Crippen LogP contribution >= 0.6 is 23.2 Å². The van der Waals surface area contributed by atoms with Gasteiger partial charge in [-0.1, -0.05) is 23.2 Å². The standard InChI is InChI=1S/C13H16Cl2N2O4/c1-3-16-12(18)20-7-8-5-9(14)6-10(15)11(8)21-13(19)17-4-2/h5-6H,3-4,7H2,1-2H3,(H,16,18)(H,17,19). The van der Waals surface area contributed by atoms with Gasteiger partial charge in [-0.2, -0.15) is 0 Å². The van der Waals surface area contributed by atoms with Crippen LogP contribution in [0, 0.1) is 0 Å². The van der Waals surface area contributed by atoms with Crippen molar-refractivity contribution in [1.29, 1.82) is 0 Å². The maximum Gasteiger partial charge on any atom is 0.412 e. The van der Waals surface area contributed by atoms with E-state index >= 15 is 0 Å².